The number of nitrogens with one attached hydrogen (secondary N) is 1. The highest BCUT2D eigenvalue weighted by atomic mass is 32.1. The molecular formula is C23H21N3O3S. The standard InChI is InChI=1S/C23H21N3O3S/c1-23(2,3)17-6-4-5-15(11-17)18-13-30-22(25-18)26-21(29)16(12-24)9-14-7-8-19(27)20(28)10-14/h4-11,13,27-28H,1-3H3,(H,25,26,29)/b16-9+. The number of rotatable bonds is 4. The number of carbonyl (C=O) groups is 1. The number of phenols is 2. The van der Waals surface area contributed by atoms with Gasteiger partial charge in [-0.1, -0.05) is 45.0 Å². The monoisotopic (exact) mass is 419 g/mol. The molecule has 2 aromatic carbocycles. The quantitative estimate of drug-likeness (QED) is 0.311. The molecule has 0 aliphatic carbocycles. The van der Waals surface area contributed by atoms with Crippen LogP contribution in [0.5, 0.6) is 11.5 Å². The third-order valence-corrected chi connectivity index (χ3v) is 5.18. The van der Waals surface area contributed by atoms with E-state index >= 15 is 0 Å². The van der Waals surface area contributed by atoms with Gasteiger partial charge in [0.25, 0.3) is 5.91 Å². The number of thiazole rings is 1. The number of nitrogens with zero attached hydrogens (tertiary/aromatic N) is 2. The van der Waals surface area contributed by atoms with E-state index in [1.807, 2.05) is 23.6 Å². The van der Waals surface area contributed by atoms with Crippen LogP contribution in [0.1, 0.15) is 31.9 Å². The number of phenolic OH excluding ortho intramolecular Hbond substituents is 2. The number of nitriles is 1. The largest absolute Gasteiger partial charge is 0.504 e. The number of aromatic nitrogens is 1. The van der Waals surface area contributed by atoms with Gasteiger partial charge in [0.2, 0.25) is 0 Å². The maximum absolute atomic E-state index is 12.5. The Bertz CT molecular complexity index is 1170. The fraction of sp³-hybridized carbons (Fsp3) is 0.174. The number of benzene rings is 2. The van der Waals surface area contributed by atoms with Crippen LogP contribution < -0.4 is 5.32 Å². The van der Waals surface area contributed by atoms with Gasteiger partial charge in [-0.25, -0.2) is 4.98 Å². The third kappa shape index (κ3) is 4.85. The van der Waals surface area contributed by atoms with Gasteiger partial charge in [-0.05, 0) is 40.8 Å². The lowest BCUT2D eigenvalue weighted by Crippen LogP contribution is -2.13. The Morgan fingerprint density at radius 2 is 1.93 bits per heavy atom. The number of anilines is 1. The van der Waals surface area contributed by atoms with Crippen molar-refractivity contribution in [3.63, 3.8) is 0 Å². The van der Waals surface area contributed by atoms with Crippen molar-refractivity contribution in [1.29, 1.82) is 5.26 Å². The fourth-order valence-corrected chi connectivity index (χ4v) is 3.43. The molecule has 0 atom stereocenters. The molecule has 3 N–H and O–H groups in total. The van der Waals surface area contributed by atoms with Crippen LogP contribution in [-0.2, 0) is 10.2 Å². The molecule has 0 spiro atoms. The van der Waals surface area contributed by atoms with Gasteiger partial charge in [-0.3, -0.25) is 10.1 Å². The molecule has 0 aliphatic rings. The summed E-state index contributed by atoms with van der Waals surface area (Å²) in [6.45, 7) is 6.42. The molecule has 7 heteroatoms. The molecular weight excluding hydrogens is 398 g/mol. The second-order valence-corrected chi connectivity index (χ2v) is 8.60. The molecule has 30 heavy (non-hydrogen) atoms. The van der Waals surface area contributed by atoms with Crippen LogP contribution in [0.3, 0.4) is 0 Å². The Kier molecular flexibility index (Phi) is 5.90. The highest BCUT2D eigenvalue weighted by Crippen LogP contribution is 2.30. The predicted octanol–water partition coefficient (Wildman–Crippen LogP) is 5.06. The lowest BCUT2D eigenvalue weighted by Gasteiger charge is -2.19. The molecule has 1 aromatic heterocycles. The highest BCUT2D eigenvalue weighted by Gasteiger charge is 2.16. The smallest absolute Gasteiger partial charge is 0.268 e. The Hall–Kier alpha value is -3.63. The Labute approximate surface area is 178 Å². The summed E-state index contributed by atoms with van der Waals surface area (Å²) in [6, 6.07) is 14.0. The second kappa shape index (κ2) is 8.39. The van der Waals surface area contributed by atoms with Gasteiger partial charge in [0.05, 0.1) is 5.69 Å². The summed E-state index contributed by atoms with van der Waals surface area (Å²) in [7, 11) is 0. The van der Waals surface area contributed by atoms with E-state index in [2.05, 4.69) is 43.2 Å². The minimum absolute atomic E-state index is 0.0121. The van der Waals surface area contributed by atoms with Crippen LogP contribution in [0.4, 0.5) is 5.13 Å². The second-order valence-electron chi connectivity index (χ2n) is 7.74. The summed E-state index contributed by atoms with van der Waals surface area (Å²) in [5.41, 5.74) is 3.16. The lowest BCUT2D eigenvalue weighted by molar-refractivity contribution is -0.112. The van der Waals surface area contributed by atoms with Crippen molar-refractivity contribution in [2.45, 2.75) is 26.2 Å². The lowest BCUT2D eigenvalue weighted by atomic mass is 9.86. The highest BCUT2D eigenvalue weighted by molar-refractivity contribution is 7.14. The van der Waals surface area contributed by atoms with E-state index in [1.165, 1.54) is 41.2 Å². The van der Waals surface area contributed by atoms with Crippen molar-refractivity contribution in [2.75, 3.05) is 5.32 Å². The summed E-state index contributed by atoms with van der Waals surface area (Å²) >= 11 is 1.27. The predicted molar refractivity (Wildman–Crippen MR) is 118 cm³/mol. The summed E-state index contributed by atoms with van der Waals surface area (Å²) in [4.78, 5) is 17.0. The number of aromatic hydroxyl groups is 2. The minimum atomic E-state index is -0.602. The first kappa shape index (κ1) is 21.1. The van der Waals surface area contributed by atoms with Crippen molar-refractivity contribution in [3.8, 4) is 28.8 Å². The number of hydrogen-bond acceptors (Lipinski definition) is 6. The zero-order valence-electron chi connectivity index (χ0n) is 16.8. The molecule has 0 radical (unpaired) electrons. The summed E-state index contributed by atoms with van der Waals surface area (Å²) in [5, 5.41) is 33.2. The first-order valence-electron chi connectivity index (χ1n) is 9.19. The molecule has 1 heterocycles. The van der Waals surface area contributed by atoms with Gasteiger partial charge in [0, 0.05) is 10.9 Å². The van der Waals surface area contributed by atoms with Gasteiger partial charge >= 0.3 is 0 Å². The fourth-order valence-electron chi connectivity index (χ4n) is 2.72. The van der Waals surface area contributed by atoms with E-state index < -0.39 is 5.91 Å². The van der Waals surface area contributed by atoms with Crippen molar-refractivity contribution >= 4 is 28.5 Å². The van der Waals surface area contributed by atoms with E-state index in [1.54, 1.807) is 0 Å². The van der Waals surface area contributed by atoms with Crippen LogP contribution >= 0.6 is 11.3 Å². The molecule has 0 fully saturated rings. The molecule has 0 aliphatic heterocycles. The van der Waals surface area contributed by atoms with Crippen molar-refractivity contribution in [3.05, 3.63) is 64.5 Å². The van der Waals surface area contributed by atoms with E-state index in [0.29, 0.717) is 10.7 Å². The van der Waals surface area contributed by atoms with Gasteiger partial charge in [-0.15, -0.1) is 11.3 Å². The van der Waals surface area contributed by atoms with Crippen LogP contribution in [-0.4, -0.2) is 21.1 Å². The molecule has 0 saturated heterocycles. The van der Waals surface area contributed by atoms with Gasteiger partial charge < -0.3 is 10.2 Å². The normalized spacial score (nSPS) is 11.7. The van der Waals surface area contributed by atoms with Crippen molar-refractivity contribution in [1.82, 2.24) is 4.98 Å². The average molecular weight is 420 g/mol. The van der Waals surface area contributed by atoms with Crippen LogP contribution in [0.15, 0.2) is 53.4 Å². The van der Waals surface area contributed by atoms with E-state index in [-0.39, 0.29) is 22.5 Å². The van der Waals surface area contributed by atoms with Crippen molar-refractivity contribution in [2.24, 2.45) is 0 Å². The average Bonchev–Trinajstić information content (AvgIpc) is 3.16. The molecule has 0 saturated carbocycles. The van der Waals surface area contributed by atoms with E-state index in [9.17, 15) is 20.3 Å². The van der Waals surface area contributed by atoms with Gasteiger partial charge in [-0.2, -0.15) is 5.26 Å². The van der Waals surface area contributed by atoms with Crippen LogP contribution in [0.25, 0.3) is 17.3 Å². The maximum Gasteiger partial charge on any atom is 0.268 e. The summed E-state index contributed by atoms with van der Waals surface area (Å²) < 4.78 is 0. The summed E-state index contributed by atoms with van der Waals surface area (Å²) in [6.07, 6.45) is 1.33. The topological polar surface area (TPSA) is 106 Å². The molecule has 0 bridgehead atoms. The summed E-state index contributed by atoms with van der Waals surface area (Å²) in [5.74, 6) is -1.21. The molecule has 0 unspecified atom stereocenters. The maximum atomic E-state index is 12.5. The van der Waals surface area contributed by atoms with Crippen LogP contribution in [0.2, 0.25) is 0 Å². The van der Waals surface area contributed by atoms with Gasteiger partial charge in [0.15, 0.2) is 16.6 Å². The number of hydrogen-bond donors (Lipinski definition) is 3. The Morgan fingerprint density at radius 1 is 1.17 bits per heavy atom. The Balaban J connectivity index is 1.79. The molecule has 3 aromatic rings. The zero-order valence-corrected chi connectivity index (χ0v) is 17.6. The van der Waals surface area contributed by atoms with Crippen molar-refractivity contribution < 1.29 is 15.0 Å². The Morgan fingerprint density at radius 3 is 2.60 bits per heavy atom. The number of amides is 1. The SMILES string of the molecule is CC(C)(C)c1cccc(-c2csc(NC(=O)/C(C#N)=C/c3ccc(O)c(O)c3)n2)c1. The van der Waals surface area contributed by atoms with E-state index in [4.69, 9.17) is 0 Å². The van der Waals surface area contributed by atoms with Crippen LogP contribution in [0, 0.1) is 11.3 Å². The first-order chi connectivity index (χ1) is 14.2. The molecule has 6 nitrogen and oxygen atoms in total. The molecule has 1 amide bonds. The third-order valence-electron chi connectivity index (χ3n) is 4.42. The minimum Gasteiger partial charge on any atom is -0.504 e. The zero-order chi connectivity index (χ0) is 21.9. The molecule has 3 rings (SSSR count). The first-order valence-corrected chi connectivity index (χ1v) is 10.1. The van der Waals surface area contributed by atoms with E-state index in [0.717, 1.165) is 11.3 Å². The van der Waals surface area contributed by atoms with Gasteiger partial charge in [0.1, 0.15) is 11.6 Å². The molecule has 152 valence electrons. The number of carbonyl (C=O) groups excluding carboxylic acids is 1.